The van der Waals surface area contributed by atoms with Crippen LogP contribution in [0.5, 0.6) is 0 Å². The summed E-state index contributed by atoms with van der Waals surface area (Å²) in [5, 5.41) is 6.79. The molecular formula is C15H26N4. The number of anilines is 2. The van der Waals surface area contributed by atoms with E-state index in [4.69, 9.17) is 0 Å². The van der Waals surface area contributed by atoms with Crippen molar-refractivity contribution in [2.75, 3.05) is 23.7 Å². The van der Waals surface area contributed by atoms with Gasteiger partial charge in [0.2, 0.25) is 0 Å². The maximum absolute atomic E-state index is 4.37. The zero-order chi connectivity index (χ0) is 13.7. The molecule has 0 radical (unpaired) electrons. The molecule has 1 heterocycles. The largest absolute Gasteiger partial charge is 0.370 e. The van der Waals surface area contributed by atoms with Gasteiger partial charge in [0, 0.05) is 18.7 Å². The number of rotatable bonds is 5. The SMILES string of the molecule is CCNc1ncnc(NCC2CCCCC2C)c1C. The van der Waals surface area contributed by atoms with Crippen LogP contribution in [0, 0.1) is 18.8 Å². The van der Waals surface area contributed by atoms with Crippen LogP contribution in [0.25, 0.3) is 0 Å². The third-order valence-corrected chi connectivity index (χ3v) is 4.25. The minimum absolute atomic E-state index is 0.783. The Morgan fingerprint density at radius 3 is 2.53 bits per heavy atom. The second-order valence-corrected chi connectivity index (χ2v) is 5.63. The lowest BCUT2D eigenvalue weighted by atomic mass is 9.80. The Morgan fingerprint density at radius 2 is 1.84 bits per heavy atom. The lowest BCUT2D eigenvalue weighted by molar-refractivity contribution is 0.268. The van der Waals surface area contributed by atoms with Crippen LogP contribution < -0.4 is 10.6 Å². The van der Waals surface area contributed by atoms with E-state index in [2.05, 4.69) is 41.4 Å². The van der Waals surface area contributed by atoms with Gasteiger partial charge in [0.1, 0.15) is 18.0 Å². The highest BCUT2D eigenvalue weighted by molar-refractivity contribution is 5.56. The second-order valence-electron chi connectivity index (χ2n) is 5.63. The molecule has 0 spiro atoms. The Morgan fingerprint density at radius 1 is 1.16 bits per heavy atom. The van der Waals surface area contributed by atoms with Gasteiger partial charge in [-0.15, -0.1) is 0 Å². The zero-order valence-corrected chi connectivity index (χ0v) is 12.4. The molecule has 1 aliphatic carbocycles. The van der Waals surface area contributed by atoms with Crippen LogP contribution >= 0.6 is 0 Å². The normalized spacial score (nSPS) is 23.1. The third-order valence-electron chi connectivity index (χ3n) is 4.25. The summed E-state index contributed by atoms with van der Waals surface area (Å²) in [6.45, 7) is 8.45. The van der Waals surface area contributed by atoms with Crippen molar-refractivity contribution in [3.05, 3.63) is 11.9 Å². The van der Waals surface area contributed by atoms with E-state index in [1.165, 1.54) is 25.7 Å². The molecule has 0 aromatic carbocycles. The van der Waals surface area contributed by atoms with Crippen molar-refractivity contribution in [1.29, 1.82) is 0 Å². The fraction of sp³-hybridized carbons (Fsp3) is 0.733. The monoisotopic (exact) mass is 262 g/mol. The summed E-state index contributed by atoms with van der Waals surface area (Å²) in [7, 11) is 0. The Balaban J connectivity index is 1.97. The highest BCUT2D eigenvalue weighted by atomic mass is 15.1. The van der Waals surface area contributed by atoms with Gasteiger partial charge in [0.05, 0.1) is 0 Å². The van der Waals surface area contributed by atoms with E-state index in [-0.39, 0.29) is 0 Å². The first-order valence-corrected chi connectivity index (χ1v) is 7.51. The van der Waals surface area contributed by atoms with E-state index in [1.807, 2.05) is 0 Å². The lowest BCUT2D eigenvalue weighted by Gasteiger charge is -2.29. The summed E-state index contributed by atoms with van der Waals surface area (Å²) in [4.78, 5) is 8.64. The van der Waals surface area contributed by atoms with Gasteiger partial charge < -0.3 is 10.6 Å². The number of nitrogens with zero attached hydrogens (tertiary/aromatic N) is 2. The summed E-state index contributed by atoms with van der Waals surface area (Å²) >= 11 is 0. The summed E-state index contributed by atoms with van der Waals surface area (Å²) < 4.78 is 0. The van der Waals surface area contributed by atoms with Crippen LogP contribution in [0.4, 0.5) is 11.6 Å². The smallest absolute Gasteiger partial charge is 0.134 e. The van der Waals surface area contributed by atoms with Gasteiger partial charge >= 0.3 is 0 Å². The van der Waals surface area contributed by atoms with E-state index in [0.717, 1.165) is 42.1 Å². The zero-order valence-electron chi connectivity index (χ0n) is 12.4. The van der Waals surface area contributed by atoms with Crippen molar-refractivity contribution in [2.24, 2.45) is 11.8 Å². The van der Waals surface area contributed by atoms with Crippen molar-refractivity contribution >= 4 is 11.6 Å². The van der Waals surface area contributed by atoms with Crippen LogP contribution in [0.15, 0.2) is 6.33 Å². The minimum Gasteiger partial charge on any atom is -0.370 e. The number of hydrogen-bond donors (Lipinski definition) is 2. The van der Waals surface area contributed by atoms with Crippen molar-refractivity contribution in [3.8, 4) is 0 Å². The van der Waals surface area contributed by atoms with Crippen LogP contribution in [0.2, 0.25) is 0 Å². The molecule has 4 nitrogen and oxygen atoms in total. The number of hydrogen-bond acceptors (Lipinski definition) is 4. The highest BCUT2D eigenvalue weighted by Gasteiger charge is 2.21. The van der Waals surface area contributed by atoms with Crippen LogP contribution in [-0.4, -0.2) is 23.1 Å². The Bertz CT molecular complexity index is 405. The molecule has 0 aliphatic heterocycles. The van der Waals surface area contributed by atoms with Crippen LogP contribution in [0.3, 0.4) is 0 Å². The van der Waals surface area contributed by atoms with E-state index >= 15 is 0 Å². The van der Waals surface area contributed by atoms with Crippen molar-refractivity contribution in [1.82, 2.24) is 9.97 Å². The molecule has 1 aliphatic rings. The minimum atomic E-state index is 0.783. The molecule has 106 valence electrons. The first-order chi connectivity index (χ1) is 9.22. The molecule has 0 amide bonds. The Labute approximate surface area is 116 Å². The molecular weight excluding hydrogens is 236 g/mol. The van der Waals surface area contributed by atoms with Crippen molar-refractivity contribution < 1.29 is 0 Å². The van der Waals surface area contributed by atoms with Gasteiger partial charge in [-0.1, -0.05) is 26.2 Å². The fourth-order valence-corrected chi connectivity index (χ4v) is 2.90. The van der Waals surface area contributed by atoms with Gasteiger partial charge in [-0.25, -0.2) is 9.97 Å². The molecule has 2 unspecified atom stereocenters. The van der Waals surface area contributed by atoms with E-state index in [1.54, 1.807) is 6.33 Å². The topological polar surface area (TPSA) is 49.8 Å². The molecule has 4 heteroatoms. The van der Waals surface area contributed by atoms with E-state index in [0.29, 0.717) is 0 Å². The fourth-order valence-electron chi connectivity index (χ4n) is 2.90. The molecule has 0 bridgehead atoms. The third kappa shape index (κ3) is 3.58. The van der Waals surface area contributed by atoms with Gasteiger partial charge in [-0.2, -0.15) is 0 Å². The first-order valence-electron chi connectivity index (χ1n) is 7.51. The molecule has 0 saturated heterocycles. The molecule has 1 aromatic heterocycles. The van der Waals surface area contributed by atoms with Gasteiger partial charge in [-0.3, -0.25) is 0 Å². The highest BCUT2D eigenvalue weighted by Crippen LogP contribution is 2.30. The van der Waals surface area contributed by atoms with E-state index < -0.39 is 0 Å². The molecule has 1 aromatic rings. The molecule has 19 heavy (non-hydrogen) atoms. The van der Waals surface area contributed by atoms with Crippen molar-refractivity contribution in [2.45, 2.75) is 46.5 Å². The van der Waals surface area contributed by atoms with Crippen LogP contribution in [-0.2, 0) is 0 Å². The first kappa shape index (κ1) is 14.1. The van der Waals surface area contributed by atoms with Crippen molar-refractivity contribution in [3.63, 3.8) is 0 Å². The molecule has 2 atom stereocenters. The van der Waals surface area contributed by atoms with Crippen LogP contribution in [0.1, 0.15) is 45.1 Å². The summed E-state index contributed by atoms with van der Waals surface area (Å²) in [5.41, 5.74) is 1.12. The van der Waals surface area contributed by atoms with E-state index in [9.17, 15) is 0 Å². The van der Waals surface area contributed by atoms with Gasteiger partial charge in [-0.05, 0) is 32.1 Å². The summed E-state index contributed by atoms with van der Waals surface area (Å²) in [5.74, 6) is 3.53. The summed E-state index contributed by atoms with van der Waals surface area (Å²) in [6.07, 6.45) is 7.13. The Hall–Kier alpha value is -1.32. The molecule has 2 N–H and O–H groups in total. The molecule has 1 saturated carbocycles. The maximum Gasteiger partial charge on any atom is 0.134 e. The predicted octanol–water partition coefficient (Wildman–Crippen LogP) is 3.46. The second kappa shape index (κ2) is 6.73. The Kier molecular flexibility index (Phi) is 5.00. The molecule has 2 rings (SSSR count). The average Bonchev–Trinajstić information content (AvgIpc) is 2.42. The predicted molar refractivity (Wildman–Crippen MR) is 80.5 cm³/mol. The number of nitrogens with one attached hydrogen (secondary N) is 2. The average molecular weight is 262 g/mol. The maximum atomic E-state index is 4.37. The molecule has 1 fully saturated rings. The lowest BCUT2D eigenvalue weighted by Crippen LogP contribution is -2.25. The van der Waals surface area contributed by atoms with Gasteiger partial charge in [0.25, 0.3) is 0 Å². The number of aromatic nitrogens is 2. The van der Waals surface area contributed by atoms with Gasteiger partial charge in [0.15, 0.2) is 0 Å². The summed E-state index contributed by atoms with van der Waals surface area (Å²) in [6, 6.07) is 0. The quantitative estimate of drug-likeness (QED) is 0.853. The standard InChI is InChI=1S/C15H26N4/c1-4-16-14-12(3)15(19-10-18-14)17-9-13-8-6-5-7-11(13)2/h10-11,13H,4-9H2,1-3H3,(H2,16,17,18,19).